The van der Waals surface area contributed by atoms with Gasteiger partial charge in [-0.3, -0.25) is 0 Å². The number of nitrogens with two attached hydrogens (primary N) is 1. The first-order valence-corrected chi connectivity index (χ1v) is 7.54. The molecule has 0 aliphatic heterocycles. The number of aryl methyl sites for hydroxylation is 2. The van der Waals surface area contributed by atoms with E-state index < -0.39 is 0 Å². The van der Waals surface area contributed by atoms with E-state index in [0.717, 1.165) is 25.2 Å². The van der Waals surface area contributed by atoms with Crippen LogP contribution in [0.1, 0.15) is 56.7 Å². The van der Waals surface area contributed by atoms with E-state index in [9.17, 15) is 0 Å². The van der Waals surface area contributed by atoms with E-state index in [0.29, 0.717) is 5.41 Å². The summed E-state index contributed by atoms with van der Waals surface area (Å²) in [5.41, 5.74) is 11.2. The third-order valence-corrected chi connectivity index (χ3v) is 4.32. The standard InChI is InChI=1S/C18H29N/c1-13-6-14(2)8-16(7-13)11-18(19)10-15(3)9-17(4,5)12-18/h6-8,15H,9-12,19H2,1-5H3. The Labute approximate surface area is 118 Å². The SMILES string of the molecule is Cc1cc(C)cc(CC2(N)CC(C)CC(C)(C)C2)c1. The largest absolute Gasteiger partial charge is 0.325 e. The van der Waals surface area contributed by atoms with E-state index >= 15 is 0 Å². The van der Waals surface area contributed by atoms with Gasteiger partial charge < -0.3 is 5.73 Å². The lowest BCUT2D eigenvalue weighted by Crippen LogP contribution is -2.50. The molecule has 19 heavy (non-hydrogen) atoms. The first-order valence-electron chi connectivity index (χ1n) is 7.54. The zero-order valence-electron chi connectivity index (χ0n) is 13.2. The van der Waals surface area contributed by atoms with E-state index in [2.05, 4.69) is 52.8 Å². The number of hydrogen-bond acceptors (Lipinski definition) is 1. The van der Waals surface area contributed by atoms with Crippen molar-refractivity contribution in [3.05, 3.63) is 34.9 Å². The molecule has 2 atom stereocenters. The van der Waals surface area contributed by atoms with Gasteiger partial charge in [0.1, 0.15) is 0 Å². The molecule has 1 aliphatic carbocycles. The summed E-state index contributed by atoms with van der Waals surface area (Å²) in [7, 11) is 0. The van der Waals surface area contributed by atoms with Crippen LogP contribution in [0.15, 0.2) is 18.2 Å². The predicted octanol–water partition coefficient (Wildman–Crippen LogP) is 4.39. The first kappa shape index (κ1) is 14.6. The number of rotatable bonds is 2. The molecule has 1 aromatic rings. The van der Waals surface area contributed by atoms with Crippen LogP contribution in [0.25, 0.3) is 0 Å². The van der Waals surface area contributed by atoms with Crippen LogP contribution < -0.4 is 5.73 Å². The Morgan fingerprint density at radius 1 is 1.11 bits per heavy atom. The monoisotopic (exact) mass is 259 g/mol. The normalized spacial score (nSPS) is 30.3. The Balaban J connectivity index is 2.20. The predicted molar refractivity (Wildman–Crippen MR) is 83.3 cm³/mol. The smallest absolute Gasteiger partial charge is 0.0202 e. The fourth-order valence-electron chi connectivity index (χ4n) is 4.52. The van der Waals surface area contributed by atoms with Crippen molar-refractivity contribution in [2.24, 2.45) is 17.1 Å². The molecule has 1 nitrogen and oxygen atoms in total. The highest BCUT2D eigenvalue weighted by Crippen LogP contribution is 2.44. The summed E-state index contributed by atoms with van der Waals surface area (Å²) < 4.78 is 0. The second kappa shape index (κ2) is 4.94. The van der Waals surface area contributed by atoms with Gasteiger partial charge in [-0.15, -0.1) is 0 Å². The topological polar surface area (TPSA) is 26.0 Å². The minimum Gasteiger partial charge on any atom is -0.325 e. The summed E-state index contributed by atoms with van der Waals surface area (Å²) in [5, 5.41) is 0. The van der Waals surface area contributed by atoms with Crippen molar-refractivity contribution in [3.63, 3.8) is 0 Å². The Hall–Kier alpha value is -0.820. The molecule has 2 unspecified atom stereocenters. The van der Waals surface area contributed by atoms with Crippen molar-refractivity contribution in [2.45, 2.75) is 65.8 Å². The highest BCUT2D eigenvalue weighted by atomic mass is 14.8. The Morgan fingerprint density at radius 2 is 1.68 bits per heavy atom. The average Bonchev–Trinajstić information content (AvgIpc) is 2.08. The molecular formula is C18H29N. The summed E-state index contributed by atoms with van der Waals surface area (Å²) in [6.07, 6.45) is 4.61. The minimum atomic E-state index is -0.0264. The lowest BCUT2D eigenvalue weighted by Gasteiger charge is -2.46. The molecule has 0 heterocycles. The quantitative estimate of drug-likeness (QED) is 0.837. The van der Waals surface area contributed by atoms with E-state index in [4.69, 9.17) is 5.73 Å². The van der Waals surface area contributed by atoms with Gasteiger partial charge in [-0.05, 0) is 56.4 Å². The Bertz CT molecular complexity index is 441. The van der Waals surface area contributed by atoms with E-state index in [1.165, 1.54) is 23.1 Å². The van der Waals surface area contributed by atoms with Gasteiger partial charge >= 0.3 is 0 Å². The van der Waals surface area contributed by atoms with Gasteiger partial charge in [0.15, 0.2) is 0 Å². The maximum atomic E-state index is 6.76. The lowest BCUT2D eigenvalue weighted by molar-refractivity contribution is 0.108. The molecule has 2 N–H and O–H groups in total. The second-order valence-corrected chi connectivity index (χ2v) is 7.89. The highest BCUT2D eigenvalue weighted by Gasteiger charge is 2.40. The summed E-state index contributed by atoms with van der Waals surface area (Å²) >= 11 is 0. The van der Waals surface area contributed by atoms with Crippen molar-refractivity contribution < 1.29 is 0 Å². The molecule has 0 spiro atoms. The van der Waals surface area contributed by atoms with Crippen LogP contribution >= 0.6 is 0 Å². The van der Waals surface area contributed by atoms with Crippen molar-refractivity contribution in [1.29, 1.82) is 0 Å². The third-order valence-electron chi connectivity index (χ3n) is 4.32. The van der Waals surface area contributed by atoms with Crippen LogP contribution in [0.3, 0.4) is 0 Å². The van der Waals surface area contributed by atoms with Crippen LogP contribution in [-0.4, -0.2) is 5.54 Å². The Kier molecular flexibility index (Phi) is 3.79. The molecular weight excluding hydrogens is 230 g/mol. The van der Waals surface area contributed by atoms with E-state index in [1.807, 2.05) is 0 Å². The summed E-state index contributed by atoms with van der Waals surface area (Å²) in [5.74, 6) is 0.736. The van der Waals surface area contributed by atoms with Gasteiger partial charge in [0.05, 0.1) is 0 Å². The third kappa shape index (κ3) is 3.82. The molecule has 0 saturated heterocycles. The van der Waals surface area contributed by atoms with Crippen LogP contribution in [0.4, 0.5) is 0 Å². The molecule has 0 radical (unpaired) electrons. The van der Waals surface area contributed by atoms with Crippen LogP contribution in [-0.2, 0) is 6.42 Å². The van der Waals surface area contributed by atoms with Crippen molar-refractivity contribution in [3.8, 4) is 0 Å². The molecule has 1 fully saturated rings. The molecule has 1 heteroatoms. The highest BCUT2D eigenvalue weighted by molar-refractivity contribution is 5.30. The molecule has 0 aromatic heterocycles. The molecule has 1 saturated carbocycles. The summed E-state index contributed by atoms with van der Waals surface area (Å²) in [6, 6.07) is 6.84. The number of hydrogen-bond donors (Lipinski definition) is 1. The van der Waals surface area contributed by atoms with E-state index in [-0.39, 0.29) is 5.54 Å². The molecule has 1 aromatic carbocycles. The van der Waals surface area contributed by atoms with Gasteiger partial charge in [0.2, 0.25) is 0 Å². The Morgan fingerprint density at radius 3 is 2.21 bits per heavy atom. The minimum absolute atomic E-state index is 0.0264. The number of benzene rings is 1. The van der Waals surface area contributed by atoms with Crippen LogP contribution in [0.5, 0.6) is 0 Å². The van der Waals surface area contributed by atoms with Crippen molar-refractivity contribution >= 4 is 0 Å². The van der Waals surface area contributed by atoms with Gasteiger partial charge in [0.25, 0.3) is 0 Å². The molecule has 0 amide bonds. The fourth-order valence-corrected chi connectivity index (χ4v) is 4.52. The summed E-state index contributed by atoms with van der Waals surface area (Å²) in [4.78, 5) is 0. The zero-order chi connectivity index (χ0) is 14.3. The molecule has 2 rings (SSSR count). The maximum Gasteiger partial charge on any atom is 0.0202 e. The van der Waals surface area contributed by atoms with E-state index in [1.54, 1.807) is 0 Å². The van der Waals surface area contributed by atoms with Crippen molar-refractivity contribution in [1.82, 2.24) is 0 Å². The van der Waals surface area contributed by atoms with Gasteiger partial charge in [-0.1, -0.05) is 50.1 Å². The van der Waals surface area contributed by atoms with Gasteiger partial charge in [-0.25, -0.2) is 0 Å². The molecule has 1 aliphatic rings. The van der Waals surface area contributed by atoms with Crippen LogP contribution in [0, 0.1) is 25.2 Å². The van der Waals surface area contributed by atoms with Gasteiger partial charge in [0, 0.05) is 5.54 Å². The lowest BCUT2D eigenvalue weighted by atomic mass is 9.63. The maximum absolute atomic E-state index is 6.76. The fraction of sp³-hybridized carbons (Fsp3) is 0.667. The average molecular weight is 259 g/mol. The molecule has 106 valence electrons. The van der Waals surface area contributed by atoms with Crippen LogP contribution in [0.2, 0.25) is 0 Å². The molecule has 0 bridgehead atoms. The first-order chi connectivity index (χ1) is 8.67. The summed E-state index contributed by atoms with van der Waals surface area (Å²) in [6.45, 7) is 11.4. The van der Waals surface area contributed by atoms with Crippen molar-refractivity contribution in [2.75, 3.05) is 0 Å². The van der Waals surface area contributed by atoms with Gasteiger partial charge in [-0.2, -0.15) is 0 Å². The zero-order valence-corrected chi connectivity index (χ0v) is 13.2. The second-order valence-electron chi connectivity index (χ2n) is 7.89.